The minimum Gasteiger partial charge on any atom is -0.489 e. The van der Waals surface area contributed by atoms with Crippen molar-refractivity contribution in [1.82, 2.24) is 14.8 Å². The van der Waals surface area contributed by atoms with E-state index in [1.165, 1.54) is 35.0 Å². The number of allylic oxidation sites excluding steroid dienone is 1. The number of hydrogen-bond acceptors (Lipinski definition) is 6. The van der Waals surface area contributed by atoms with E-state index >= 15 is 0 Å². The molecular weight excluding hydrogens is 452 g/mol. The zero-order chi connectivity index (χ0) is 25.2. The van der Waals surface area contributed by atoms with Gasteiger partial charge in [-0.25, -0.2) is 9.48 Å². The lowest BCUT2D eigenvalue weighted by atomic mass is 9.95. The Balaban J connectivity index is 1.37. The Bertz CT molecular complexity index is 1290. The summed E-state index contributed by atoms with van der Waals surface area (Å²) in [5.74, 6) is 1.09. The number of esters is 1. The molecule has 0 spiro atoms. The minimum absolute atomic E-state index is 0.0195. The minimum atomic E-state index is -0.420. The smallest absolute Gasteiger partial charge is 0.338 e. The fourth-order valence-corrected chi connectivity index (χ4v) is 5.14. The van der Waals surface area contributed by atoms with E-state index in [2.05, 4.69) is 48.3 Å². The number of benzene rings is 2. The fourth-order valence-electron chi connectivity index (χ4n) is 5.14. The van der Waals surface area contributed by atoms with Crippen LogP contribution in [-0.4, -0.2) is 26.8 Å². The van der Waals surface area contributed by atoms with E-state index in [1.807, 2.05) is 31.2 Å². The van der Waals surface area contributed by atoms with Crippen molar-refractivity contribution in [3.63, 3.8) is 0 Å². The van der Waals surface area contributed by atoms with Crippen molar-refractivity contribution >= 4 is 11.9 Å². The molecule has 5 rings (SSSR count). The summed E-state index contributed by atoms with van der Waals surface area (Å²) in [7, 11) is 0. The molecule has 3 aromatic rings. The van der Waals surface area contributed by atoms with Gasteiger partial charge in [-0.3, -0.25) is 0 Å². The van der Waals surface area contributed by atoms with Gasteiger partial charge in [0.2, 0.25) is 5.95 Å². The Morgan fingerprint density at radius 2 is 1.72 bits per heavy atom. The fraction of sp³-hybridized carbons (Fsp3) is 0.414. The van der Waals surface area contributed by atoms with E-state index in [0.717, 1.165) is 42.7 Å². The predicted octanol–water partition coefficient (Wildman–Crippen LogP) is 5.95. The van der Waals surface area contributed by atoms with Gasteiger partial charge in [-0.1, -0.05) is 30.7 Å². The van der Waals surface area contributed by atoms with Crippen LogP contribution in [0.2, 0.25) is 0 Å². The van der Waals surface area contributed by atoms with Gasteiger partial charge in [0.05, 0.1) is 5.57 Å². The normalized spacial score (nSPS) is 17.9. The van der Waals surface area contributed by atoms with Crippen molar-refractivity contribution in [3.05, 3.63) is 81.8 Å². The van der Waals surface area contributed by atoms with Crippen molar-refractivity contribution < 1.29 is 14.3 Å². The summed E-state index contributed by atoms with van der Waals surface area (Å²) < 4.78 is 13.8. The van der Waals surface area contributed by atoms with Crippen LogP contribution in [0.5, 0.6) is 5.75 Å². The molecule has 0 bridgehead atoms. The maximum absolute atomic E-state index is 13.4. The Labute approximate surface area is 212 Å². The van der Waals surface area contributed by atoms with Gasteiger partial charge in [0, 0.05) is 5.70 Å². The number of nitrogens with one attached hydrogen (secondary N) is 1. The van der Waals surface area contributed by atoms with Crippen LogP contribution in [0.25, 0.3) is 0 Å². The second kappa shape index (κ2) is 10.2. The first-order valence-electron chi connectivity index (χ1n) is 12.8. The standard InChI is InChI=1S/C29H34N4O3/c1-18-14-20(3)23(15-19(18)2)16-35-24-12-10-22(11-13-24)27-26(21(4)32-29-30-17-31-33(27)29)28(34)36-25-8-6-5-7-9-25/h10-15,17,25,27H,5-9,16H2,1-4H3,(H,30,31,32). The van der Waals surface area contributed by atoms with Crippen LogP contribution >= 0.6 is 0 Å². The zero-order valence-electron chi connectivity index (χ0n) is 21.5. The molecule has 36 heavy (non-hydrogen) atoms. The molecule has 7 nitrogen and oxygen atoms in total. The van der Waals surface area contributed by atoms with Crippen LogP contribution in [-0.2, 0) is 16.1 Å². The van der Waals surface area contributed by atoms with Crippen LogP contribution in [0.1, 0.15) is 72.9 Å². The van der Waals surface area contributed by atoms with Gasteiger partial charge in [0.1, 0.15) is 30.8 Å². The van der Waals surface area contributed by atoms with E-state index in [0.29, 0.717) is 18.1 Å². The Morgan fingerprint density at radius 1 is 1.00 bits per heavy atom. The lowest BCUT2D eigenvalue weighted by Crippen LogP contribution is -2.32. The highest BCUT2D eigenvalue weighted by Crippen LogP contribution is 2.36. The molecule has 188 valence electrons. The van der Waals surface area contributed by atoms with E-state index in [-0.39, 0.29) is 12.1 Å². The van der Waals surface area contributed by atoms with Crippen molar-refractivity contribution in [2.75, 3.05) is 5.32 Å². The average molecular weight is 487 g/mol. The van der Waals surface area contributed by atoms with E-state index < -0.39 is 6.04 Å². The highest BCUT2D eigenvalue weighted by molar-refractivity contribution is 5.92. The summed E-state index contributed by atoms with van der Waals surface area (Å²) >= 11 is 0. The Hall–Kier alpha value is -3.61. The first-order chi connectivity index (χ1) is 17.4. The highest BCUT2D eigenvalue weighted by Gasteiger charge is 2.35. The highest BCUT2D eigenvalue weighted by atomic mass is 16.5. The second-order valence-electron chi connectivity index (χ2n) is 9.98. The molecule has 0 radical (unpaired) electrons. The third-order valence-corrected chi connectivity index (χ3v) is 7.38. The number of aromatic nitrogens is 3. The molecule has 0 amide bonds. The third kappa shape index (κ3) is 4.87. The molecule has 7 heteroatoms. The molecule has 1 N–H and O–H groups in total. The maximum Gasteiger partial charge on any atom is 0.338 e. The molecule has 2 aliphatic rings. The lowest BCUT2D eigenvalue weighted by Gasteiger charge is -2.30. The molecule has 1 aliphatic heterocycles. The number of aryl methyl sites for hydroxylation is 3. The second-order valence-corrected chi connectivity index (χ2v) is 9.98. The van der Waals surface area contributed by atoms with Gasteiger partial charge in [0.15, 0.2) is 0 Å². The molecule has 2 heterocycles. The van der Waals surface area contributed by atoms with Crippen LogP contribution in [0.15, 0.2) is 54.0 Å². The maximum atomic E-state index is 13.4. The Morgan fingerprint density at radius 3 is 2.47 bits per heavy atom. The van der Waals surface area contributed by atoms with Gasteiger partial charge in [-0.15, -0.1) is 0 Å². The predicted molar refractivity (Wildman–Crippen MR) is 139 cm³/mol. The lowest BCUT2D eigenvalue weighted by molar-refractivity contribution is -0.146. The van der Waals surface area contributed by atoms with E-state index in [4.69, 9.17) is 9.47 Å². The van der Waals surface area contributed by atoms with E-state index in [9.17, 15) is 4.79 Å². The topological polar surface area (TPSA) is 78.3 Å². The first kappa shape index (κ1) is 24.1. The van der Waals surface area contributed by atoms with Gasteiger partial charge in [-0.05, 0) is 93.3 Å². The molecule has 1 aliphatic carbocycles. The number of hydrogen-bond donors (Lipinski definition) is 1. The summed E-state index contributed by atoms with van der Waals surface area (Å²) in [4.78, 5) is 17.7. The average Bonchev–Trinajstić information content (AvgIpc) is 3.33. The molecule has 2 aromatic carbocycles. The summed E-state index contributed by atoms with van der Waals surface area (Å²) in [5, 5.41) is 7.64. The van der Waals surface area contributed by atoms with Gasteiger partial charge < -0.3 is 14.8 Å². The van der Waals surface area contributed by atoms with Gasteiger partial charge in [0.25, 0.3) is 0 Å². The molecular formula is C29H34N4O3. The summed E-state index contributed by atoms with van der Waals surface area (Å²) in [6.45, 7) is 8.76. The number of ether oxygens (including phenoxy) is 2. The van der Waals surface area contributed by atoms with Crippen molar-refractivity contribution in [2.24, 2.45) is 0 Å². The summed E-state index contributed by atoms with van der Waals surface area (Å²) in [6, 6.07) is 11.9. The summed E-state index contributed by atoms with van der Waals surface area (Å²) in [6.07, 6.45) is 6.76. The number of anilines is 1. The van der Waals surface area contributed by atoms with Crippen LogP contribution in [0.3, 0.4) is 0 Å². The van der Waals surface area contributed by atoms with E-state index in [1.54, 1.807) is 4.68 Å². The number of fused-ring (bicyclic) bond motifs is 1. The van der Waals surface area contributed by atoms with Crippen molar-refractivity contribution in [2.45, 2.75) is 78.6 Å². The van der Waals surface area contributed by atoms with Crippen molar-refractivity contribution in [3.8, 4) is 5.75 Å². The molecule has 1 unspecified atom stereocenters. The number of nitrogens with zero attached hydrogens (tertiary/aromatic N) is 3. The molecule has 1 saturated carbocycles. The quantitative estimate of drug-likeness (QED) is 0.434. The molecule has 0 saturated heterocycles. The number of carbonyl (C=O) groups excluding carboxylic acids is 1. The molecule has 1 fully saturated rings. The number of carbonyl (C=O) groups is 1. The molecule has 1 atom stereocenters. The summed E-state index contributed by atoms with van der Waals surface area (Å²) in [5.41, 5.74) is 7.19. The van der Waals surface area contributed by atoms with Crippen molar-refractivity contribution in [1.29, 1.82) is 0 Å². The largest absolute Gasteiger partial charge is 0.489 e. The molecule has 1 aromatic heterocycles. The SMILES string of the molecule is CC1=C(C(=O)OC2CCCCC2)C(c2ccc(OCc3cc(C)c(C)cc3C)cc2)n2ncnc2N1. The van der Waals surface area contributed by atoms with Gasteiger partial charge >= 0.3 is 5.97 Å². The van der Waals surface area contributed by atoms with Gasteiger partial charge in [-0.2, -0.15) is 10.1 Å². The Kier molecular flexibility index (Phi) is 6.81. The first-order valence-corrected chi connectivity index (χ1v) is 12.8. The van der Waals surface area contributed by atoms with Crippen LogP contribution < -0.4 is 10.1 Å². The van der Waals surface area contributed by atoms with Crippen LogP contribution in [0, 0.1) is 20.8 Å². The monoisotopic (exact) mass is 486 g/mol. The van der Waals surface area contributed by atoms with Crippen LogP contribution in [0.4, 0.5) is 5.95 Å². The number of rotatable bonds is 6. The third-order valence-electron chi connectivity index (χ3n) is 7.38. The zero-order valence-corrected chi connectivity index (χ0v) is 21.5.